The number of carbonyl (C=O) groups excluding carboxylic acids is 1. The first-order valence-electron chi connectivity index (χ1n) is 6.55. The van der Waals surface area contributed by atoms with Gasteiger partial charge in [-0.15, -0.1) is 0 Å². The number of hydrogen-bond acceptors (Lipinski definition) is 2. The summed E-state index contributed by atoms with van der Waals surface area (Å²) in [6, 6.07) is 11.6. The Balaban J connectivity index is 2.08. The molecule has 0 aliphatic heterocycles. The average Bonchev–Trinajstić information content (AvgIpc) is 2.40. The van der Waals surface area contributed by atoms with E-state index in [0.29, 0.717) is 5.02 Å². The molecule has 0 bridgehead atoms. The minimum Gasteiger partial charge on any atom is -0.378 e. The third-order valence-electron chi connectivity index (χ3n) is 3.02. The maximum atomic E-state index is 13.0. The van der Waals surface area contributed by atoms with E-state index in [4.69, 9.17) is 11.6 Å². The van der Waals surface area contributed by atoms with E-state index in [1.165, 1.54) is 19.1 Å². The van der Waals surface area contributed by atoms with Gasteiger partial charge in [0.25, 0.3) is 0 Å². The third kappa shape index (κ3) is 4.20. The first-order chi connectivity index (χ1) is 9.95. The van der Waals surface area contributed by atoms with Crippen LogP contribution in [-0.2, 0) is 4.79 Å². The van der Waals surface area contributed by atoms with E-state index in [2.05, 4.69) is 10.6 Å². The zero-order valence-electron chi connectivity index (χ0n) is 11.8. The molecule has 2 aromatic carbocycles. The summed E-state index contributed by atoms with van der Waals surface area (Å²) in [5.74, 6) is -0.460. The topological polar surface area (TPSA) is 41.1 Å². The van der Waals surface area contributed by atoms with Gasteiger partial charge in [-0.3, -0.25) is 4.79 Å². The van der Waals surface area contributed by atoms with Gasteiger partial charge < -0.3 is 10.6 Å². The number of benzene rings is 2. The maximum absolute atomic E-state index is 13.0. The van der Waals surface area contributed by atoms with Crippen molar-refractivity contribution in [2.24, 2.45) is 0 Å². The minimum atomic E-state index is -0.351. The maximum Gasteiger partial charge on any atom is 0.221 e. The van der Waals surface area contributed by atoms with Crippen molar-refractivity contribution < 1.29 is 9.18 Å². The normalized spacial score (nSPS) is 11.8. The van der Waals surface area contributed by atoms with Crippen molar-refractivity contribution in [3.8, 4) is 0 Å². The second-order valence-corrected chi connectivity index (χ2v) is 5.20. The molecule has 1 unspecified atom stereocenters. The van der Waals surface area contributed by atoms with Gasteiger partial charge >= 0.3 is 0 Å². The van der Waals surface area contributed by atoms with Crippen LogP contribution in [0, 0.1) is 5.82 Å². The molecule has 2 N–H and O–H groups in total. The first kappa shape index (κ1) is 15.3. The molecule has 0 aliphatic rings. The molecule has 0 radical (unpaired) electrons. The molecule has 1 atom stereocenters. The number of anilines is 2. The Labute approximate surface area is 128 Å². The number of amides is 1. The van der Waals surface area contributed by atoms with Gasteiger partial charge in [0.2, 0.25) is 5.91 Å². The molecule has 110 valence electrons. The molecule has 1 amide bonds. The number of hydrogen-bond donors (Lipinski definition) is 2. The van der Waals surface area contributed by atoms with Crippen LogP contribution >= 0.6 is 11.6 Å². The molecule has 3 nitrogen and oxygen atoms in total. The highest BCUT2D eigenvalue weighted by Crippen LogP contribution is 2.27. The number of nitrogens with one attached hydrogen (secondary N) is 2. The van der Waals surface area contributed by atoms with E-state index < -0.39 is 0 Å². The predicted octanol–water partition coefficient (Wildman–Crippen LogP) is 4.61. The Hall–Kier alpha value is -2.07. The largest absolute Gasteiger partial charge is 0.378 e. The Morgan fingerprint density at radius 2 is 1.76 bits per heavy atom. The fraction of sp³-hybridized carbons (Fsp3) is 0.188. The van der Waals surface area contributed by atoms with E-state index in [0.717, 1.165) is 16.9 Å². The molecule has 2 rings (SSSR count). The lowest BCUT2D eigenvalue weighted by Gasteiger charge is -2.17. The first-order valence-corrected chi connectivity index (χ1v) is 6.92. The summed E-state index contributed by atoms with van der Waals surface area (Å²) < 4.78 is 13.0. The van der Waals surface area contributed by atoms with E-state index in [-0.39, 0.29) is 17.8 Å². The molecule has 0 saturated carbocycles. The van der Waals surface area contributed by atoms with Crippen LogP contribution < -0.4 is 10.6 Å². The number of halogens is 2. The lowest BCUT2D eigenvalue weighted by molar-refractivity contribution is -0.114. The van der Waals surface area contributed by atoms with Crippen LogP contribution in [0.2, 0.25) is 5.02 Å². The van der Waals surface area contributed by atoms with Crippen molar-refractivity contribution in [3.63, 3.8) is 0 Å². The fourth-order valence-electron chi connectivity index (χ4n) is 2.03. The zero-order valence-corrected chi connectivity index (χ0v) is 12.5. The van der Waals surface area contributed by atoms with Gasteiger partial charge in [-0.2, -0.15) is 0 Å². The smallest absolute Gasteiger partial charge is 0.221 e. The van der Waals surface area contributed by atoms with E-state index in [1.54, 1.807) is 6.07 Å². The summed E-state index contributed by atoms with van der Waals surface area (Å²) >= 11 is 6.05. The highest BCUT2D eigenvalue weighted by molar-refractivity contribution is 6.31. The Morgan fingerprint density at radius 3 is 2.33 bits per heavy atom. The van der Waals surface area contributed by atoms with Crippen LogP contribution in [0.25, 0.3) is 0 Å². The van der Waals surface area contributed by atoms with Crippen LogP contribution in [0.1, 0.15) is 25.5 Å². The van der Waals surface area contributed by atoms with Crippen molar-refractivity contribution in [3.05, 3.63) is 58.9 Å². The van der Waals surface area contributed by atoms with Gasteiger partial charge in [0.1, 0.15) is 5.82 Å². The van der Waals surface area contributed by atoms with Gasteiger partial charge in [0, 0.05) is 29.4 Å². The highest BCUT2D eigenvalue weighted by atomic mass is 35.5. The average molecular weight is 307 g/mol. The summed E-state index contributed by atoms with van der Waals surface area (Å²) in [6.07, 6.45) is 0. The molecular formula is C16H16ClFN2O. The van der Waals surface area contributed by atoms with E-state index in [1.807, 2.05) is 31.2 Å². The second kappa shape index (κ2) is 6.59. The molecule has 0 spiro atoms. The van der Waals surface area contributed by atoms with Gasteiger partial charge in [0.05, 0.1) is 0 Å². The van der Waals surface area contributed by atoms with Crippen LogP contribution in [0.15, 0.2) is 42.5 Å². The zero-order chi connectivity index (χ0) is 15.4. The van der Waals surface area contributed by atoms with Gasteiger partial charge in [0.15, 0.2) is 0 Å². The molecule has 2 aromatic rings. The van der Waals surface area contributed by atoms with Crippen molar-refractivity contribution >= 4 is 28.9 Å². The van der Waals surface area contributed by atoms with Crippen molar-refractivity contribution in [1.29, 1.82) is 0 Å². The minimum absolute atomic E-state index is 0.0651. The standard InChI is InChI=1S/C16H16ClFN2O/c1-10(15-8-3-12(18)9-16(15)17)19-13-4-6-14(7-5-13)20-11(2)21/h3-10,19H,1-2H3,(H,20,21). The molecule has 0 heterocycles. The summed E-state index contributed by atoms with van der Waals surface area (Å²) in [7, 11) is 0. The lowest BCUT2D eigenvalue weighted by atomic mass is 10.1. The van der Waals surface area contributed by atoms with Crippen LogP contribution in [0.5, 0.6) is 0 Å². The lowest BCUT2D eigenvalue weighted by Crippen LogP contribution is -2.08. The summed E-state index contributed by atoms with van der Waals surface area (Å²) in [5, 5.41) is 6.38. The number of carbonyl (C=O) groups is 1. The molecule has 0 fully saturated rings. The fourth-order valence-corrected chi connectivity index (χ4v) is 2.36. The van der Waals surface area contributed by atoms with Gasteiger partial charge in [-0.1, -0.05) is 17.7 Å². The van der Waals surface area contributed by atoms with Crippen LogP contribution in [0.3, 0.4) is 0 Å². The van der Waals surface area contributed by atoms with Crippen molar-refractivity contribution in [2.75, 3.05) is 10.6 Å². The van der Waals surface area contributed by atoms with Crippen molar-refractivity contribution in [1.82, 2.24) is 0 Å². The van der Waals surface area contributed by atoms with Crippen LogP contribution in [-0.4, -0.2) is 5.91 Å². The SMILES string of the molecule is CC(=O)Nc1ccc(NC(C)c2ccc(F)cc2Cl)cc1. The number of rotatable bonds is 4. The Bertz CT molecular complexity index is 643. The second-order valence-electron chi connectivity index (χ2n) is 4.79. The quantitative estimate of drug-likeness (QED) is 0.866. The molecule has 0 saturated heterocycles. The molecule has 21 heavy (non-hydrogen) atoms. The van der Waals surface area contributed by atoms with Gasteiger partial charge in [-0.05, 0) is 48.9 Å². The summed E-state index contributed by atoms with van der Waals surface area (Å²) in [4.78, 5) is 11.0. The van der Waals surface area contributed by atoms with Crippen LogP contribution in [0.4, 0.5) is 15.8 Å². The van der Waals surface area contributed by atoms with Gasteiger partial charge in [-0.25, -0.2) is 4.39 Å². The monoisotopic (exact) mass is 306 g/mol. The predicted molar refractivity (Wildman–Crippen MR) is 84.2 cm³/mol. The summed E-state index contributed by atoms with van der Waals surface area (Å²) in [6.45, 7) is 3.41. The Kier molecular flexibility index (Phi) is 4.81. The highest BCUT2D eigenvalue weighted by Gasteiger charge is 2.10. The Morgan fingerprint density at radius 1 is 1.14 bits per heavy atom. The molecule has 0 aromatic heterocycles. The van der Waals surface area contributed by atoms with E-state index in [9.17, 15) is 9.18 Å². The van der Waals surface area contributed by atoms with E-state index >= 15 is 0 Å². The molecule has 0 aliphatic carbocycles. The third-order valence-corrected chi connectivity index (χ3v) is 3.34. The molecular weight excluding hydrogens is 291 g/mol. The molecule has 5 heteroatoms. The van der Waals surface area contributed by atoms with Crippen molar-refractivity contribution in [2.45, 2.75) is 19.9 Å². The summed E-state index contributed by atoms with van der Waals surface area (Å²) in [5.41, 5.74) is 2.45.